The molecule has 0 radical (unpaired) electrons. The molecule has 0 heterocycles. The highest BCUT2D eigenvalue weighted by Crippen LogP contribution is 1.98. The molecule has 0 spiro atoms. The van der Waals surface area contributed by atoms with Crippen LogP contribution < -0.4 is 0 Å². The number of esters is 1. The molecule has 4 nitrogen and oxygen atoms in total. The second-order valence-corrected chi connectivity index (χ2v) is 4.47. The van der Waals surface area contributed by atoms with Gasteiger partial charge in [0.2, 0.25) is 9.05 Å². The van der Waals surface area contributed by atoms with Gasteiger partial charge in [-0.15, -0.1) is 0 Å². The van der Waals surface area contributed by atoms with Gasteiger partial charge in [-0.1, -0.05) is 0 Å². The predicted octanol–water partition coefficient (Wildman–Crippen LogP) is 0.118. The molecule has 0 aromatic rings. The number of ether oxygens (including phenoxy) is 1. The summed E-state index contributed by atoms with van der Waals surface area (Å²) in [6.45, 7) is 0. The Bertz CT molecular complexity index is 207. The lowest BCUT2D eigenvalue weighted by Crippen LogP contribution is -2.07. The lowest BCUT2D eigenvalue weighted by molar-refractivity contribution is -0.140. The Morgan fingerprint density at radius 1 is 1.60 bits per heavy atom. The minimum absolute atomic E-state index is 0.192. The SMILES string of the molecule is COC(=O)CCS(=O)(=O)Cl. The molecule has 10 heavy (non-hydrogen) atoms. The number of halogens is 1. The number of rotatable bonds is 3. The van der Waals surface area contributed by atoms with Crippen LogP contribution in [0.4, 0.5) is 0 Å². The molecule has 60 valence electrons. The van der Waals surface area contributed by atoms with E-state index in [0.717, 1.165) is 0 Å². The van der Waals surface area contributed by atoms with Gasteiger partial charge in [-0.25, -0.2) is 8.42 Å². The van der Waals surface area contributed by atoms with Crippen LogP contribution in [-0.2, 0) is 18.6 Å². The van der Waals surface area contributed by atoms with E-state index in [4.69, 9.17) is 10.7 Å². The van der Waals surface area contributed by atoms with Gasteiger partial charge in [0.15, 0.2) is 0 Å². The zero-order chi connectivity index (χ0) is 8.20. The highest BCUT2D eigenvalue weighted by atomic mass is 35.7. The van der Waals surface area contributed by atoms with Gasteiger partial charge < -0.3 is 4.74 Å². The lowest BCUT2D eigenvalue weighted by atomic mass is 10.5. The zero-order valence-electron chi connectivity index (χ0n) is 5.33. The first-order valence-electron chi connectivity index (χ1n) is 2.45. The maximum atomic E-state index is 10.3. The quantitative estimate of drug-likeness (QED) is 0.464. The monoisotopic (exact) mass is 186 g/mol. The van der Waals surface area contributed by atoms with E-state index in [0.29, 0.717) is 0 Å². The molecule has 0 aromatic carbocycles. The van der Waals surface area contributed by atoms with Crippen LogP contribution in [-0.4, -0.2) is 27.2 Å². The highest BCUT2D eigenvalue weighted by molar-refractivity contribution is 8.13. The molecule has 0 amide bonds. The van der Waals surface area contributed by atoms with Crippen molar-refractivity contribution >= 4 is 25.7 Å². The van der Waals surface area contributed by atoms with E-state index in [1.807, 2.05) is 0 Å². The number of hydrogen-bond acceptors (Lipinski definition) is 4. The van der Waals surface area contributed by atoms with E-state index < -0.39 is 15.0 Å². The molecular formula is C4H7ClO4S. The summed E-state index contributed by atoms with van der Waals surface area (Å²) in [5, 5.41) is 0. The number of carbonyl (C=O) groups excluding carboxylic acids is 1. The molecular weight excluding hydrogens is 180 g/mol. The van der Waals surface area contributed by atoms with E-state index in [1.165, 1.54) is 7.11 Å². The molecule has 0 aromatic heterocycles. The summed E-state index contributed by atoms with van der Waals surface area (Å²) < 4.78 is 24.6. The first-order valence-corrected chi connectivity index (χ1v) is 4.92. The second-order valence-electron chi connectivity index (χ2n) is 1.57. The fourth-order valence-corrected chi connectivity index (χ4v) is 0.949. The van der Waals surface area contributed by atoms with E-state index in [1.54, 1.807) is 0 Å². The highest BCUT2D eigenvalue weighted by Gasteiger charge is 2.08. The molecule has 0 N–H and O–H groups in total. The van der Waals surface area contributed by atoms with Gasteiger partial charge >= 0.3 is 5.97 Å². The maximum Gasteiger partial charge on any atom is 0.306 e. The van der Waals surface area contributed by atoms with Gasteiger partial charge in [-0.05, 0) is 0 Å². The first kappa shape index (κ1) is 9.71. The first-order chi connectivity index (χ1) is 4.45. The van der Waals surface area contributed by atoms with Crippen molar-refractivity contribution in [1.29, 1.82) is 0 Å². The molecule has 0 saturated carbocycles. The van der Waals surface area contributed by atoms with Crippen molar-refractivity contribution in [2.24, 2.45) is 0 Å². The zero-order valence-corrected chi connectivity index (χ0v) is 6.91. The summed E-state index contributed by atoms with van der Waals surface area (Å²) in [6, 6.07) is 0. The van der Waals surface area contributed by atoms with Crippen molar-refractivity contribution < 1.29 is 17.9 Å². The van der Waals surface area contributed by atoms with Crippen LogP contribution in [0, 0.1) is 0 Å². The molecule has 0 unspecified atom stereocenters. The summed E-state index contributed by atoms with van der Waals surface area (Å²) >= 11 is 0. The third-order valence-corrected chi connectivity index (χ3v) is 1.93. The third kappa shape index (κ3) is 5.84. The van der Waals surface area contributed by atoms with Gasteiger partial charge in [0.1, 0.15) is 0 Å². The predicted molar refractivity (Wildman–Crippen MR) is 36.3 cm³/mol. The Hall–Kier alpha value is -0.290. The normalized spacial score (nSPS) is 11.0. The fraction of sp³-hybridized carbons (Fsp3) is 0.750. The minimum atomic E-state index is -3.56. The standard InChI is InChI=1S/C4H7ClO4S/c1-9-4(6)2-3-10(5,7)8/h2-3H2,1H3. The van der Waals surface area contributed by atoms with Crippen molar-refractivity contribution in [3.63, 3.8) is 0 Å². The molecule has 0 saturated heterocycles. The van der Waals surface area contributed by atoms with E-state index in [2.05, 4.69) is 4.74 Å². The topological polar surface area (TPSA) is 60.4 Å². The summed E-state index contributed by atoms with van der Waals surface area (Å²) in [7, 11) is 2.42. The Morgan fingerprint density at radius 3 is 2.40 bits per heavy atom. The molecule has 6 heteroatoms. The molecule has 0 aliphatic rings. The molecule has 0 atom stereocenters. The Balaban J connectivity index is 3.67. The van der Waals surface area contributed by atoms with Crippen LogP contribution in [0.3, 0.4) is 0 Å². The molecule has 0 aliphatic heterocycles. The number of carbonyl (C=O) groups is 1. The second kappa shape index (κ2) is 3.78. The Kier molecular flexibility index (Phi) is 3.67. The lowest BCUT2D eigenvalue weighted by Gasteiger charge is -1.94. The van der Waals surface area contributed by atoms with Gasteiger partial charge in [0.25, 0.3) is 0 Å². The smallest absolute Gasteiger partial charge is 0.306 e. The molecule has 0 rings (SSSR count). The van der Waals surface area contributed by atoms with Crippen LogP contribution >= 0.6 is 10.7 Å². The maximum absolute atomic E-state index is 10.3. The summed E-state index contributed by atoms with van der Waals surface area (Å²) in [5.74, 6) is -0.953. The van der Waals surface area contributed by atoms with Crippen molar-refractivity contribution in [3.05, 3.63) is 0 Å². The molecule has 0 aliphatic carbocycles. The van der Waals surface area contributed by atoms with Crippen LogP contribution in [0.25, 0.3) is 0 Å². The van der Waals surface area contributed by atoms with E-state index in [-0.39, 0.29) is 12.2 Å². The summed E-state index contributed by atoms with van der Waals surface area (Å²) in [4.78, 5) is 10.3. The Labute approximate surface area is 63.5 Å². The van der Waals surface area contributed by atoms with Crippen molar-refractivity contribution in [1.82, 2.24) is 0 Å². The Morgan fingerprint density at radius 2 is 2.10 bits per heavy atom. The van der Waals surface area contributed by atoms with Gasteiger partial charge in [0.05, 0.1) is 19.3 Å². The van der Waals surface area contributed by atoms with Crippen LogP contribution in [0.15, 0.2) is 0 Å². The largest absolute Gasteiger partial charge is 0.469 e. The minimum Gasteiger partial charge on any atom is -0.469 e. The van der Waals surface area contributed by atoms with Gasteiger partial charge in [-0.2, -0.15) is 0 Å². The van der Waals surface area contributed by atoms with Gasteiger partial charge in [-0.3, -0.25) is 4.79 Å². The van der Waals surface area contributed by atoms with E-state index in [9.17, 15) is 13.2 Å². The molecule has 0 fully saturated rings. The fourth-order valence-electron chi connectivity index (χ4n) is 0.307. The van der Waals surface area contributed by atoms with Crippen molar-refractivity contribution in [3.8, 4) is 0 Å². The van der Waals surface area contributed by atoms with Crippen molar-refractivity contribution in [2.45, 2.75) is 6.42 Å². The van der Waals surface area contributed by atoms with Crippen LogP contribution in [0.2, 0.25) is 0 Å². The number of methoxy groups -OCH3 is 1. The third-order valence-electron chi connectivity index (χ3n) is 0.778. The van der Waals surface area contributed by atoms with Crippen molar-refractivity contribution in [2.75, 3.05) is 12.9 Å². The molecule has 0 bridgehead atoms. The summed E-state index contributed by atoms with van der Waals surface area (Å²) in [6.07, 6.45) is -0.192. The average molecular weight is 187 g/mol. The average Bonchev–Trinajstić information content (AvgIpc) is 1.81. The van der Waals surface area contributed by atoms with E-state index >= 15 is 0 Å². The summed E-state index contributed by atoms with van der Waals surface area (Å²) in [5.41, 5.74) is 0. The van der Waals surface area contributed by atoms with Crippen LogP contribution in [0.1, 0.15) is 6.42 Å². The van der Waals surface area contributed by atoms with Crippen LogP contribution in [0.5, 0.6) is 0 Å². The number of hydrogen-bond donors (Lipinski definition) is 0. The van der Waals surface area contributed by atoms with Gasteiger partial charge in [0, 0.05) is 10.7 Å².